The predicted molar refractivity (Wildman–Crippen MR) is 57.7 cm³/mol. The summed E-state index contributed by atoms with van der Waals surface area (Å²) in [5, 5.41) is 8.72. The van der Waals surface area contributed by atoms with Gasteiger partial charge in [-0.1, -0.05) is 6.92 Å². The maximum atomic E-state index is 11.5. The van der Waals surface area contributed by atoms with E-state index in [0.717, 1.165) is 6.54 Å². The Morgan fingerprint density at radius 3 is 2.27 bits per heavy atom. The molecule has 0 heterocycles. The molecule has 0 saturated carbocycles. The number of hydrogen-bond acceptors (Lipinski definition) is 3. The van der Waals surface area contributed by atoms with E-state index >= 15 is 0 Å². The van der Waals surface area contributed by atoms with Crippen molar-refractivity contribution in [3.8, 4) is 0 Å². The molecule has 5 nitrogen and oxygen atoms in total. The fourth-order valence-electron chi connectivity index (χ4n) is 1.00. The Hall–Kier alpha value is -1.10. The normalized spacial score (nSPS) is 12.6. The number of nitrogens with zero attached hydrogens (tertiary/aromatic N) is 2. The minimum absolute atomic E-state index is 0.134. The Morgan fingerprint density at radius 1 is 1.33 bits per heavy atom. The summed E-state index contributed by atoms with van der Waals surface area (Å²) in [5.74, 6) is -1.11. The third-order valence-corrected chi connectivity index (χ3v) is 2.58. The van der Waals surface area contributed by atoms with E-state index in [1.807, 2.05) is 18.9 Å². The molecule has 0 unspecified atom stereocenters. The van der Waals surface area contributed by atoms with Crippen molar-refractivity contribution in [2.75, 3.05) is 27.2 Å². The first-order chi connectivity index (χ1) is 6.90. The van der Waals surface area contributed by atoms with Gasteiger partial charge in [0.1, 0.15) is 6.04 Å². The van der Waals surface area contributed by atoms with E-state index in [1.165, 1.54) is 18.9 Å². The first-order valence-corrected chi connectivity index (χ1v) is 5.07. The van der Waals surface area contributed by atoms with Gasteiger partial charge in [0, 0.05) is 20.0 Å². The third kappa shape index (κ3) is 4.78. The molecule has 0 rings (SSSR count). The molecule has 0 bridgehead atoms. The minimum Gasteiger partial charge on any atom is -0.480 e. The van der Waals surface area contributed by atoms with Crippen LogP contribution in [-0.4, -0.2) is 60.0 Å². The lowest BCUT2D eigenvalue weighted by Gasteiger charge is -2.22. The third-order valence-electron chi connectivity index (χ3n) is 2.58. The number of amides is 1. The fourth-order valence-corrected chi connectivity index (χ4v) is 1.00. The number of hydrogen-bond donors (Lipinski definition) is 1. The molecule has 5 heteroatoms. The molecule has 0 aromatic rings. The molecule has 0 aromatic carbocycles. The highest BCUT2D eigenvalue weighted by molar-refractivity contribution is 5.83. The summed E-state index contributed by atoms with van der Waals surface area (Å²) in [6.07, 6.45) is 0.360. The first-order valence-electron chi connectivity index (χ1n) is 5.07. The molecule has 0 saturated heterocycles. The zero-order valence-electron chi connectivity index (χ0n) is 9.86. The number of carboxylic acids is 1. The van der Waals surface area contributed by atoms with Gasteiger partial charge in [-0.25, -0.2) is 4.79 Å². The van der Waals surface area contributed by atoms with Crippen molar-refractivity contribution in [2.45, 2.75) is 26.3 Å². The summed E-state index contributed by atoms with van der Waals surface area (Å²) in [4.78, 5) is 25.5. The van der Waals surface area contributed by atoms with Gasteiger partial charge in [0.2, 0.25) is 5.91 Å². The molecule has 0 spiro atoms. The second-order valence-electron chi connectivity index (χ2n) is 3.66. The molecule has 0 radical (unpaired) electrons. The van der Waals surface area contributed by atoms with E-state index in [-0.39, 0.29) is 5.91 Å². The van der Waals surface area contributed by atoms with Gasteiger partial charge < -0.3 is 14.9 Å². The van der Waals surface area contributed by atoms with Crippen LogP contribution in [0.3, 0.4) is 0 Å². The largest absolute Gasteiger partial charge is 0.480 e. The zero-order valence-corrected chi connectivity index (χ0v) is 9.86. The molecular weight excluding hydrogens is 196 g/mol. The van der Waals surface area contributed by atoms with Gasteiger partial charge in [-0.05, 0) is 20.5 Å². The lowest BCUT2D eigenvalue weighted by atomic mass is 10.2. The lowest BCUT2D eigenvalue weighted by molar-refractivity contribution is -0.148. The summed E-state index contributed by atoms with van der Waals surface area (Å²) < 4.78 is 0. The van der Waals surface area contributed by atoms with Gasteiger partial charge in [-0.2, -0.15) is 0 Å². The smallest absolute Gasteiger partial charge is 0.326 e. The Bertz CT molecular complexity index is 231. The molecule has 88 valence electrons. The highest BCUT2D eigenvalue weighted by Gasteiger charge is 2.21. The first kappa shape index (κ1) is 13.9. The monoisotopic (exact) mass is 216 g/mol. The molecule has 0 aliphatic heterocycles. The van der Waals surface area contributed by atoms with Crippen molar-refractivity contribution in [3.05, 3.63) is 0 Å². The minimum atomic E-state index is -0.977. The standard InChI is InChI=1S/C10H20N2O3/c1-5-11(3)7-6-9(13)12(4)8(2)10(14)15/h8H,5-7H2,1-4H3,(H,14,15)/t8-/m0/s1. The average molecular weight is 216 g/mol. The van der Waals surface area contributed by atoms with E-state index in [1.54, 1.807) is 0 Å². The Kier molecular flexibility index (Phi) is 5.93. The van der Waals surface area contributed by atoms with E-state index in [4.69, 9.17) is 5.11 Å². The van der Waals surface area contributed by atoms with Gasteiger partial charge >= 0.3 is 5.97 Å². The Morgan fingerprint density at radius 2 is 1.87 bits per heavy atom. The number of carboxylic acid groups (broad SMARTS) is 1. The average Bonchev–Trinajstić information content (AvgIpc) is 2.22. The van der Waals surface area contributed by atoms with Crippen molar-refractivity contribution >= 4 is 11.9 Å². The molecule has 1 N–H and O–H groups in total. The van der Waals surface area contributed by atoms with Crippen molar-refractivity contribution in [1.29, 1.82) is 0 Å². The van der Waals surface area contributed by atoms with Gasteiger partial charge in [0.15, 0.2) is 0 Å². The molecule has 0 aliphatic carbocycles. The van der Waals surface area contributed by atoms with Gasteiger partial charge in [0.25, 0.3) is 0 Å². The predicted octanol–water partition coefficient (Wildman–Crippen LogP) is 0.260. The second kappa shape index (κ2) is 6.40. The summed E-state index contributed by atoms with van der Waals surface area (Å²) in [6.45, 7) is 5.05. The van der Waals surface area contributed by atoms with Crippen LogP contribution in [0.25, 0.3) is 0 Å². The molecule has 0 aliphatic rings. The van der Waals surface area contributed by atoms with Crippen LogP contribution < -0.4 is 0 Å². The number of likely N-dealkylation sites (N-methyl/N-ethyl adjacent to an activating group) is 1. The van der Waals surface area contributed by atoms with Crippen LogP contribution in [-0.2, 0) is 9.59 Å². The van der Waals surface area contributed by atoms with E-state index < -0.39 is 12.0 Å². The van der Waals surface area contributed by atoms with E-state index in [2.05, 4.69) is 0 Å². The fraction of sp³-hybridized carbons (Fsp3) is 0.800. The number of aliphatic carboxylic acids is 1. The zero-order chi connectivity index (χ0) is 12.0. The van der Waals surface area contributed by atoms with Crippen LogP contribution in [0.15, 0.2) is 0 Å². The quantitative estimate of drug-likeness (QED) is 0.692. The van der Waals surface area contributed by atoms with Crippen molar-refractivity contribution < 1.29 is 14.7 Å². The van der Waals surface area contributed by atoms with E-state index in [0.29, 0.717) is 13.0 Å². The lowest BCUT2D eigenvalue weighted by Crippen LogP contribution is -2.41. The number of carbonyl (C=O) groups excluding carboxylic acids is 1. The molecular formula is C10H20N2O3. The molecule has 15 heavy (non-hydrogen) atoms. The van der Waals surface area contributed by atoms with E-state index in [9.17, 15) is 9.59 Å². The van der Waals surface area contributed by atoms with Crippen molar-refractivity contribution in [3.63, 3.8) is 0 Å². The van der Waals surface area contributed by atoms with Crippen LogP contribution in [0.4, 0.5) is 0 Å². The number of rotatable bonds is 6. The number of carbonyl (C=O) groups is 2. The Labute approximate surface area is 90.7 Å². The SMILES string of the molecule is CCN(C)CCC(=O)N(C)[C@@H](C)C(=O)O. The van der Waals surface area contributed by atoms with Crippen LogP contribution >= 0.6 is 0 Å². The van der Waals surface area contributed by atoms with Crippen LogP contribution in [0.1, 0.15) is 20.3 Å². The van der Waals surface area contributed by atoms with Crippen LogP contribution in [0.5, 0.6) is 0 Å². The molecule has 1 atom stereocenters. The second-order valence-corrected chi connectivity index (χ2v) is 3.66. The van der Waals surface area contributed by atoms with Crippen molar-refractivity contribution in [2.24, 2.45) is 0 Å². The summed E-state index contributed by atoms with van der Waals surface area (Å²) in [6, 6.07) is -0.760. The molecule has 0 fully saturated rings. The summed E-state index contributed by atoms with van der Waals surface area (Å²) in [7, 11) is 3.45. The summed E-state index contributed by atoms with van der Waals surface area (Å²) in [5.41, 5.74) is 0. The van der Waals surface area contributed by atoms with Gasteiger partial charge in [-0.15, -0.1) is 0 Å². The maximum Gasteiger partial charge on any atom is 0.326 e. The van der Waals surface area contributed by atoms with Gasteiger partial charge in [0.05, 0.1) is 0 Å². The molecule has 0 aromatic heterocycles. The summed E-state index contributed by atoms with van der Waals surface area (Å²) >= 11 is 0. The maximum absolute atomic E-state index is 11.5. The van der Waals surface area contributed by atoms with Crippen LogP contribution in [0, 0.1) is 0 Å². The highest BCUT2D eigenvalue weighted by Crippen LogP contribution is 2.00. The van der Waals surface area contributed by atoms with Gasteiger partial charge in [-0.3, -0.25) is 4.79 Å². The Balaban J connectivity index is 4.05. The topological polar surface area (TPSA) is 60.9 Å². The van der Waals surface area contributed by atoms with Crippen LogP contribution in [0.2, 0.25) is 0 Å². The highest BCUT2D eigenvalue weighted by atomic mass is 16.4. The van der Waals surface area contributed by atoms with Crippen molar-refractivity contribution in [1.82, 2.24) is 9.80 Å². The molecule has 1 amide bonds.